The zero-order valence-electron chi connectivity index (χ0n) is 10.9. The Bertz CT molecular complexity index is 605. The van der Waals surface area contributed by atoms with Crippen molar-refractivity contribution in [1.29, 1.82) is 0 Å². The molecule has 0 N–H and O–H groups in total. The number of Topliss-reactive ketones (excluding diaryl/α,β-unsaturated/α-hetero) is 1. The molecule has 0 aliphatic heterocycles. The van der Waals surface area contributed by atoms with Crippen molar-refractivity contribution in [3.8, 4) is 0 Å². The van der Waals surface area contributed by atoms with Gasteiger partial charge in [-0.05, 0) is 30.0 Å². The van der Waals surface area contributed by atoms with E-state index in [4.69, 9.17) is 0 Å². The van der Waals surface area contributed by atoms with Gasteiger partial charge in [-0.1, -0.05) is 24.3 Å². The van der Waals surface area contributed by atoms with Crippen molar-refractivity contribution in [2.45, 2.75) is 25.7 Å². The summed E-state index contributed by atoms with van der Waals surface area (Å²) < 4.78 is 0. The molecule has 1 heterocycles. The molecule has 0 fully saturated rings. The van der Waals surface area contributed by atoms with Gasteiger partial charge in [-0.25, -0.2) is 0 Å². The van der Waals surface area contributed by atoms with E-state index in [0.717, 1.165) is 24.8 Å². The summed E-state index contributed by atoms with van der Waals surface area (Å²) in [5.41, 5.74) is 2.04. The van der Waals surface area contributed by atoms with Crippen LogP contribution in [0.4, 0.5) is 0 Å². The third-order valence-corrected chi connectivity index (χ3v) is 3.63. The molecule has 0 radical (unpaired) electrons. The summed E-state index contributed by atoms with van der Waals surface area (Å²) in [6.45, 7) is 0. The van der Waals surface area contributed by atoms with E-state index in [2.05, 4.69) is 21.5 Å². The summed E-state index contributed by atoms with van der Waals surface area (Å²) in [5.74, 6) is 0.855. The van der Waals surface area contributed by atoms with Gasteiger partial charge in [0, 0.05) is 17.9 Å². The second kappa shape index (κ2) is 4.91. The van der Waals surface area contributed by atoms with Crippen LogP contribution in [-0.4, -0.2) is 26.0 Å². The van der Waals surface area contributed by atoms with Crippen LogP contribution in [0.25, 0.3) is 0 Å². The predicted molar refractivity (Wildman–Crippen MR) is 69.7 cm³/mol. The van der Waals surface area contributed by atoms with Crippen molar-refractivity contribution in [1.82, 2.24) is 20.2 Å². The zero-order valence-corrected chi connectivity index (χ0v) is 10.9. The summed E-state index contributed by atoms with van der Waals surface area (Å²) in [7, 11) is 1.74. The molecule has 5 heteroatoms. The highest BCUT2D eigenvalue weighted by atomic mass is 16.1. The fourth-order valence-corrected chi connectivity index (χ4v) is 2.69. The molecule has 0 saturated carbocycles. The summed E-state index contributed by atoms with van der Waals surface area (Å²) in [6, 6.07) is 7.91. The van der Waals surface area contributed by atoms with Crippen LogP contribution >= 0.6 is 0 Å². The van der Waals surface area contributed by atoms with Gasteiger partial charge in [-0.3, -0.25) is 4.79 Å². The Morgan fingerprint density at radius 2 is 2.21 bits per heavy atom. The second-order valence-electron chi connectivity index (χ2n) is 5.01. The highest BCUT2D eigenvalue weighted by Gasteiger charge is 2.26. The molecule has 5 nitrogen and oxygen atoms in total. The Hall–Kier alpha value is -2.04. The lowest BCUT2D eigenvalue weighted by molar-refractivity contribution is 0.0914. The van der Waals surface area contributed by atoms with E-state index >= 15 is 0 Å². The molecule has 1 unspecified atom stereocenters. The van der Waals surface area contributed by atoms with Crippen molar-refractivity contribution in [3.63, 3.8) is 0 Å². The van der Waals surface area contributed by atoms with Gasteiger partial charge in [-0.15, -0.1) is 10.2 Å². The predicted octanol–water partition coefficient (Wildman–Crippen LogP) is 1.59. The molecule has 1 aromatic heterocycles. The van der Waals surface area contributed by atoms with Crippen molar-refractivity contribution < 1.29 is 4.79 Å². The first kappa shape index (κ1) is 12.0. The first-order valence-corrected chi connectivity index (χ1v) is 6.59. The molecule has 19 heavy (non-hydrogen) atoms. The molecule has 3 rings (SSSR count). The topological polar surface area (TPSA) is 60.7 Å². The fourth-order valence-electron chi connectivity index (χ4n) is 2.69. The fraction of sp³-hybridized carbons (Fsp3) is 0.429. The lowest BCUT2D eigenvalue weighted by Gasteiger charge is -2.11. The number of nitrogens with zero attached hydrogens (tertiary/aromatic N) is 4. The molecule has 0 bridgehead atoms. The monoisotopic (exact) mass is 256 g/mol. The molecule has 1 aliphatic carbocycles. The van der Waals surface area contributed by atoms with Gasteiger partial charge in [0.05, 0.1) is 7.05 Å². The van der Waals surface area contributed by atoms with Crippen LogP contribution < -0.4 is 0 Å². The highest BCUT2D eigenvalue weighted by molar-refractivity contribution is 5.99. The minimum atomic E-state index is -0.0205. The maximum Gasteiger partial charge on any atom is 0.175 e. The summed E-state index contributed by atoms with van der Waals surface area (Å²) >= 11 is 0. The van der Waals surface area contributed by atoms with E-state index in [9.17, 15) is 4.79 Å². The number of aryl methyl sites for hydroxylation is 2. The van der Waals surface area contributed by atoms with E-state index in [1.807, 2.05) is 18.2 Å². The van der Waals surface area contributed by atoms with Crippen LogP contribution in [0.15, 0.2) is 24.3 Å². The van der Waals surface area contributed by atoms with Crippen LogP contribution in [0.1, 0.15) is 34.6 Å². The molecule has 0 saturated heterocycles. The first-order chi connectivity index (χ1) is 9.24. The Balaban J connectivity index is 1.85. The number of aromatic nitrogens is 4. The number of tetrazole rings is 1. The quantitative estimate of drug-likeness (QED) is 0.765. The van der Waals surface area contributed by atoms with Crippen molar-refractivity contribution >= 4 is 5.78 Å². The van der Waals surface area contributed by atoms with Crippen LogP contribution in [0.3, 0.4) is 0 Å². The lowest BCUT2D eigenvalue weighted by atomic mass is 9.92. The highest BCUT2D eigenvalue weighted by Crippen LogP contribution is 2.26. The summed E-state index contributed by atoms with van der Waals surface area (Å²) in [6.07, 6.45) is 3.49. The van der Waals surface area contributed by atoms with E-state index in [-0.39, 0.29) is 11.7 Å². The van der Waals surface area contributed by atoms with Gasteiger partial charge in [0.2, 0.25) is 0 Å². The zero-order chi connectivity index (χ0) is 13.2. The number of ketones is 1. The van der Waals surface area contributed by atoms with Gasteiger partial charge in [0.15, 0.2) is 11.6 Å². The van der Waals surface area contributed by atoms with Gasteiger partial charge >= 0.3 is 0 Å². The Kier molecular flexibility index (Phi) is 3.11. The number of hydrogen-bond acceptors (Lipinski definition) is 4. The molecule has 0 spiro atoms. The van der Waals surface area contributed by atoms with Crippen LogP contribution in [0, 0.1) is 5.92 Å². The Labute approximate surface area is 111 Å². The van der Waals surface area contributed by atoms with Crippen molar-refractivity contribution in [2.24, 2.45) is 13.0 Å². The Morgan fingerprint density at radius 1 is 1.37 bits per heavy atom. The standard InChI is InChI=1S/C14H16N4O/c1-18-16-13(15-17-18)9-11-7-4-6-10-5-2-3-8-12(10)14(11)19/h2-3,5,8,11H,4,6-7,9H2,1H3. The van der Waals surface area contributed by atoms with Crippen molar-refractivity contribution in [2.75, 3.05) is 0 Å². The van der Waals surface area contributed by atoms with Gasteiger partial charge < -0.3 is 0 Å². The average Bonchev–Trinajstić information content (AvgIpc) is 2.75. The van der Waals surface area contributed by atoms with Gasteiger partial charge in [-0.2, -0.15) is 4.80 Å². The van der Waals surface area contributed by atoms with Gasteiger partial charge in [0.25, 0.3) is 0 Å². The normalized spacial score (nSPS) is 19.0. The summed E-state index contributed by atoms with van der Waals surface area (Å²) in [4.78, 5) is 14.0. The largest absolute Gasteiger partial charge is 0.294 e. The van der Waals surface area contributed by atoms with Crippen molar-refractivity contribution in [3.05, 3.63) is 41.2 Å². The second-order valence-corrected chi connectivity index (χ2v) is 5.01. The number of fused-ring (bicyclic) bond motifs is 1. The number of rotatable bonds is 2. The molecule has 0 amide bonds. The lowest BCUT2D eigenvalue weighted by Crippen LogP contribution is -2.17. The first-order valence-electron chi connectivity index (χ1n) is 6.59. The number of carbonyl (C=O) groups is 1. The molecule has 98 valence electrons. The molecule has 2 aromatic rings. The maximum atomic E-state index is 12.6. The van der Waals surface area contributed by atoms with E-state index in [0.29, 0.717) is 12.2 Å². The third kappa shape index (κ3) is 2.41. The molecule has 1 aromatic carbocycles. The molecular weight excluding hydrogens is 240 g/mol. The smallest absolute Gasteiger partial charge is 0.175 e. The minimum Gasteiger partial charge on any atom is -0.294 e. The van der Waals surface area contributed by atoms with Crippen LogP contribution in [0.2, 0.25) is 0 Å². The van der Waals surface area contributed by atoms with Crippen LogP contribution in [0.5, 0.6) is 0 Å². The maximum absolute atomic E-state index is 12.6. The van der Waals surface area contributed by atoms with E-state index in [1.54, 1.807) is 7.05 Å². The van der Waals surface area contributed by atoms with E-state index < -0.39 is 0 Å². The van der Waals surface area contributed by atoms with E-state index in [1.165, 1.54) is 10.4 Å². The van der Waals surface area contributed by atoms with Gasteiger partial charge in [0.1, 0.15) is 0 Å². The Morgan fingerprint density at radius 3 is 3.00 bits per heavy atom. The molecule has 1 aliphatic rings. The molecule has 1 atom stereocenters. The summed E-state index contributed by atoms with van der Waals surface area (Å²) in [5, 5.41) is 12.0. The number of hydrogen-bond donors (Lipinski definition) is 0. The third-order valence-electron chi connectivity index (χ3n) is 3.63. The SMILES string of the molecule is Cn1nnc(CC2CCCc3ccccc3C2=O)n1. The number of benzene rings is 1. The average molecular weight is 256 g/mol. The molecular formula is C14H16N4O. The number of carbonyl (C=O) groups excluding carboxylic acids is 1. The minimum absolute atomic E-state index is 0.0205. The van der Waals surface area contributed by atoms with Crippen LogP contribution in [-0.2, 0) is 19.9 Å².